The fourth-order valence-corrected chi connectivity index (χ4v) is 3.69. The monoisotopic (exact) mass is 430 g/mol. The highest BCUT2D eigenvalue weighted by atomic mass is 16.5. The second kappa shape index (κ2) is 11.9. The van der Waals surface area contributed by atoms with E-state index in [4.69, 9.17) is 9.84 Å². The molecule has 1 saturated carbocycles. The van der Waals surface area contributed by atoms with Crippen molar-refractivity contribution < 1.29 is 30.0 Å². The van der Waals surface area contributed by atoms with Gasteiger partial charge in [-0.15, -0.1) is 5.73 Å². The number of aliphatic carboxylic acids is 1. The van der Waals surface area contributed by atoms with Gasteiger partial charge in [0.25, 0.3) is 0 Å². The molecule has 6 nitrogen and oxygen atoms in total. The molecule has 1 aromatic rings. The number of carboxylic acids is 1. The summed E-state index contributed by atoms with van der Waals surface area (Å²) in [5.74, 6) is -0.682. The van der Waals surface area contributed by atoms with Gasteiger partial charge in [0.2, 0.25) is 0 Å². The van der Waals surface area contributed by atoms with Crippen molar-refractivity contribution in [3.8, 4) is 5.75 Å². The second-order valence-corrected chi connectivity index (χ2v) is 8.36. The fraction of sp³-hybridized carbons (Fsp3) is 0.520. The van der Waals surface area contributed by atoms with E-state index in [0.717, 1.165) is 6.42 Å². The minimum absolute atomic E-state index is 0.0525. The summed E-state index contributed by atoms with van der Waals surface area (Å²) < 4.78 is 5.70. The molecule has 170 valence electrons. The number of allylic oxidation sites excluding steroid dienone is 1. The molecule has 1 aromatic carbocycles. The first-order chi connectivity index (χ1) is 14.7. The van der Waals surface area contributed by atoms with Crippen LogP contribution in [-0.4, -0.2) is 50.8 Å². The van der Waals surface area contributed by atoms with Gasteiger partial charge in [-0.3, -0.25) is 4.79 Å². The summed E-state index contributed by atoms with van der Waals surface area (Å²) in [5, 5.41) is 40.0. The third-order valence-corrected chi connectivity index (χ3v) is 5.58. The number of hydrogen-bond acceptors (Lipinski definition) is 5. The highest BCUT2D eigenvalue weighted by molar-refractivity contribution is 5.66. The van der Waals surface area contributed by atoms with Gasteiger partial charge in [-0.05, 0) is 62.0 Å². The summed E-state index contributed by atoms with van der Waals surface area (Å²) in [6, 6.07) is 7.74. The van der Waals surface area contributed by atoms with Crippen molar-refractivity contribution in [1.29, 1.82) is 0 Å². The van der Waals surface area contributed by atoms with Gasteiger partial charge in [0.15, 0.2) is 0 Å². The molecular formula is C25H34O6. The van der Waals surface area contributed by atoms with Crippen LogP contribution in [0, 0.1) is 11.8 Å². The van der Waals surface area contributed by atoms with Gasteiger partial charge in [0.05, 0.1) is 12.2 Å². The molecular weight excluding hydrogens is 396 g/mol. The normalized spacial score (nSPS) is 25.1. The third kappa shape index (κ3) is 8.35. The predicted molar refractivity (Wildman–Crippen MR) is 119 cm³/mol. The average molecular weight is 431 g/mol. The van der Waals surface area contributed by atoms with Crippen LogP contribution in [0.2, 0.25) is 0 Å². The first-order valence-electron chi connectivity index (χ1n) is 10.8. The highest BCUT2D eigenvalue weighted by Gasteiger charge is 2.39. The van der Waals surface area contributed by atoms with E-state index in [1.165, 1.54) is 5.56 Å². The number of aliphatic hydroxyl groups excluding tert-OH is 2. The molecule has 0 radical (unpaired) electrons. The summed E-state index contributed by atoms with van der Waals surface area (Å²) in [5.41, 5.74) is 2.93. The zero-order valence-corrected chi connectivity index (χ0v) is 18.3. The largest absolute Gasteiger partial charge is 0.490 e. The summed E-state index contributed by atoms with van der Waals surface area (Å²) >= 11 is 0. The minimum Gasteiger partial charge on any atom is -0.490 e. The van der Waals surface area contributed by atoms with E-state index in [9.17, 15) is 20.1 Å². The highest BCUT2D eigenvalue weighted by Crippen LogP contribution is 2.36. The van der Waals surface area contributed by atoms with Crippen LogP contribution in [0.3, 0.4) is 0 Å². The molecule has 2 rings (SSSR count). The van der Waals surface area contributed by atoms with Gasteiger partial charge in [-0.2, -0.15) is 0 Å². The summed E-state index contributed by atoms with van der Waals surface area (Å²) in [7, 11) is 0. The molecule has 1 aliphatic carbocycles. The first kappa shape index (κ1) is 24.9. The SMILES string of the molecule is CCc1ccc(OCC(C)(O)C=C[C@@H]2[C@@H](CC=C=CCCC(=O)O)[C@@H](O)C[C@H]2O)cc1. The van der Waals surface area contributed by atoms with Crippen LogP contribution in [0.25, 0.3) is 0 Å². The van der Waals surface area contributed by atoms with Gasteiger partial charge >= 0.3 is 5.97 Å². The zero-order chi connectivity index (χ0) is 22.9. The Morgan fingerprint density at radius 2 is 1.94 bits per heavy atom. The number of carboxylic acid groups (broad SMARTS) is 1. The lowest BCUT2D eigenvalue weighted by Gasteiger charge is -2.23. The van der Waals surface area contributed by atoms with Crippen molar-refractivity contribution in [2.75, 3.05) is 6.61 Å². The maximum absolute atomic E-state index is 10.7. The smallest absolute Gasteiger partial charge is 0.303 e. The molecule has 0 aromatic heterocycles. The molecule has 1 fully saturated rings. The van der Waals surface area contributed by atoms with Crippen molar-refractivity contribution in [2.24, 2.45) is 11.8 Å². The number of carbonyl (C=O) groups is 1. The molecule has 6 heteroatoms. The maximum Gasteiger partial charge on any atom is 0.303 e. The number of aliphatic hydroxyl groups is 3. The quantitative estimate of drug-likeness (QED) is 0.317. The standard InChI is InChI=1S/C25H34O6/c1-3-18-10-12-19(13-11-18)31-17-25(2,30)15-14-21-20(22(26)16-23(21)27)8-6-4-5-7-9-24(28)29/h5-6,10-15,20-23,26-27,30H,3,7-9,16-17H2,1-2H3,(H,28,29)/t4?,20-,21-,22+,23-,25?/m1/s1. The molecule has 1 aliphatic rings. The van der Waals surface area contributed by atoms with E-state index in [1.807, 2.05) is 24.3 Å². The van der Waals surface area contributed by atoms with E-state index >= 15 is 0 Å². The van der Waals surface area contributed by atoms with Crippen LogP contribution < -0.4 is 4.74 Å². The zero-order valence-electron chi connectivity index (χ0n) is 18.3. The molecule has 31 heavy (non-hydrogen) atoms. The number of ether oxygens (including phenoxy) is 1. The second-order valence-electron chi connectivity index (χ2n) is 8.36. The van der Waals surface area contributed by atoms with Crippen molar-refractivity contribution in [3.63, 3.8) is 0 Å². The number of rotatable bonds is 11. The van der Waals surface area contributed by atoms with Crippen LogP contribution in [-0.2, 0) is 11.2 Å². The van der Waals surface area contributed by atoms with E-state index in [0.29, 0.717) is 18.6 Å². The van der Waals surface area contributed by atoms with E-state index < -0.39 is 23.8 Å². The van der Waals surface area contributed by atoms with Crippen LogP contribution in [0.15, 0.2) is 54.3 Å². The van der Waals surface area contributed by atoms with Crippen molar-refractivity contribution in [2.45, 2.75) is 63.8 Å². The van der Waals surface area contributed by atoms with Crippen LogP contribution in [0.1, 0.15) is 45.1 Å². The Hall–Kier alpha value is -2.37. The Labute approximate surface area is 184 Å². The van der Waals surface area contributed by atoms with Gasteiger partial charge < -0.3 is 25.2 Å². The Morgan fingerprint density at radius 3 is 2.58 bits per heavy atom. The lowest BCUT2D eigenvalue weighted by molar-refractivity contribution is -0.136. The average Bonchev–Trinajstić information content (AvgIpc) is 3.00. The van der Waals surface area contributed by atoms with E-state index in [1.54, 1.807) is 31.2 Å². The van der Waals surface area contributed by atoms with E-state index in [-0.39, 0.29) is 31.3 Å². The Kier molecular flexibility index (Phi) is 9.53. The molecule has 0 amide bonds. The number of aryl methyl sites for hydroxylation is 1. The lowest BCUT2D eigenvalue weighted by Crippen LogP contribution is -2.30. The molecule has 0 saturated heterocycles. The van der Waals surface area contributed by atoms with Crippen LogP contribution >= 0.6 is 0 Å². The number of hydrogen-bond donors (Lipinski definition) is 4. The van der Waals surface area contributed by atoms with Crippen molar-refractivity contribution in [3.05, 3.63) is 59.9 Å². The van der Waals surface area contributed by atoms with Gasteiger partial charge in [0.1, 0.15) is 18.0 Å². The lowest BCUT2D eigenvalue weighted by atomic mass is 9.89. The third-order valence-electron chi connectivity index (χ3n) is 5.58. The fourth-order valence-electron chi connectivity index (χ4n) is 3.69. The van der Waals surface area contributed by atoms with Gasteiger partial charge in [-0.1, -0.05) is 31.2 Å². The first-order valence-corrected chi connectivity index (χ1v) is 10.8. The molecule has 0 bridgehead atoms. The van der Waals surface area contributed by atoms with Gasteiger partial charge in [-0.25, -0.2) is 0 Å². The Balaban J connectivity index is 1.94. The maximum atomic E-state index is 10.7. The molecule has 5 atom stereocenters. The Bertz CT molecular complexity index is 789. The van der Waals surface area contributed by atoms with Crippen LogP contribution in [0.4, 0.5) is 0 Å². The van der Waals surface area contributed by atoms with Crippen molar-refractivity contribution >= 4 is 5.97 Å². The van der Waals surface area contributed by atoms with E-state index in [2.05, 4.69) is 12.7 Å². The predicted octanol–water partition coefficient (Wildman–Crippen LogP) is 3.26. The van der Waals surface area contributed by atoms with Crippen molar-refractivity contribution in [1.82, 2.24) is 0 Å². The van der Waals surface area contributed by atoms with Gasteiger partial charge in [0, 0.05) is 18.8 Å². The molecule has 1 unspecified atom stereocenters. The summed E-state index contributed by atoms with van der Waals surface area (Å²) in [6.45, 7) is 3.79. The molecule has 0 aliphatic heterocycles. The minimum atomic E-state index is -1.23. The molecule has 4 N–H and O–H groups in total. The van der Waals surface area contributed by atoms with Crippen LogP contribution in [0.5, 0.6) is 5.75 Å². The Morgan fingerprint density at radius 1 is 1.23 bits per heavy atom. The number of benzene rings is 1. The summed E-state index contributed by atoms with van der Waals surface area (Å²) in [6.07, 6.45) is 7.63. The molecule has 0 heterocycles. The topological polar surface area (TPSA) is 107 Å². The molecule has 0 spiro atoms. The summed E-state index contributed by atoms with van der Waals surface area (Å²) in [4.78, 5) is 10.5.